The topological polar surface area (TPSA) is 54.9 Å². The fourth-order valence-electron chi connectivity index (χ4n) is 3.38. The standard InChI is InChI=1S/C20H31N3O2/c1-3-21-19(22-14-16-4-5-16)23-15-20(10-12-25-13-11-20)17-6-8-18(24-2)9-7-17/h6-9,16H,3-5,10-15H2,1-2H3,(H2,21,22,23). The molecule has 3 rings (SSSR count). The minimum Gasteiger partial charge on any atom is -0.497 e. The van der Waals surface area contributed by atoms with E-state index >= 15 is 0 Å². The molecule has 1 aromatic carbocycles. The third-order valence-electron chi connectivity index (χ3n) is 5.29. The van der Waals surface area contributed by atoms with Gasteiger partial charge in [-0.05, 0) is 56.2 Å². The van der Waals surface area contributed by atoms with Gasteiger partial charge in [0, 0.05) is 31.7 Å². The van der Waals surface area contributed by atoms with Crippen molar-refractivity contribution in [2.24, 2.45) is 10.9 Å². The van der Waals surface area contributed by atoms with E-state index < -0.39 is 0 Å². The molecule has 138 valence electrons. The average molecular weight is 345 g/mol. The van der Waals surface area contributed by atoms with E-state index in [-0.39, 0.29) is 5.41 Å². The Morgan fingerprint density at radius 1 is 1.20 bits per heavy atom. The molecule has 2 fully saturated rings. The first-order valence-corrected chi connectivity index (χ1v) is 9.50. The summed E-state index contributed by atoms with van der Waals surface area (Å²) in [6, 6.07) is 8.47. The maximum Gasteiger partial charge on any atom is 0.191 e. The molecule has 0 bridgehead atoms. The summed E-state index contributed by atoms with van der Waals surface area (Å²) < 4.78 is 10.9. The van der Waals surface area contributed by atoms with Crippen molar-refractivity contribution in [3.63, 3.8) is 0 Å². The van der Waals surface area contributed by atoms with Gasteiger partial charge in [0.15, 0.2) is 5.96 Å². The van der Waals surface area contributed by atoms with Gasteiger partial charge < -0.3 is 20.1 Å². The monoisotopic (exact) mass is 345 g/mol. The van der Waals surface area contributed by atoms with Crippen LogP contribution >= 0.6 is 0 Å². The molecule has 1 aliphatic carbocycles. The van der Waals surface area contributed by atoms with Crippen molar-refractivity contribution in [2.45, 2.75) is 38.0 Å². The van der Waals surface area contributed by atoms with E-state index in [9.17, 15) is 0 Å². The minimum absolute atomic E-state index is 0.0481. The van der Waals surface area contributed by atoms with Crippen molar-refractivity contribution in [3.05, 3.63) is 29.8 Å². The zero-order valence-electron chi connectivity index (χ0n) is 15.5. The third kappa shape index (κ3) is 4.88. The van der Waals surface area contributed by atoms with Crippen LogP contribution in [0.3, 0.4) is 0 Å². The molecule has 1 heterocycles. The van der Waals surface area contributed by atoms with Crippen LogP contribution < -0.4 is 15.4 Å². The quantitative estimate of drug-likeness (QED) is 0.589. The second-order valence-electron chi connectivity index (χ2n) is 7.14. The Bertz CT molecular complexity index is 561. The number of hydrogen-bond donors (Lipinski definition) is 2. The van der Waals surface area contributed by atoms with Crippen molar-refractivity contribution >= 4 is 5.96 Å². The Kier molecular flexibility index (Phi) is 6.19. The van der Waals surface area contributed by atoms with Gasteiger partial charge in [-0.25, -0.2) is 0 Å². The van der Waals surface area contributed by atoms with Gasteiger partial charge in [0.2, 0.25) is 0 Å². The number of ether oxygens (including phenoxy) is 2. The van der Waals surface area contributed by atoms with E-state index in [1.807, 2.05) is 12.1 Å². The molecule has 0 unspecified atom stereocenters. The summed E-state index contributed by atoms with van der Waals surface area (Å²) in [5, 5.41) is 6.88. The first-order valence-electron chi connectivity index (χ1n) is 9.50. The van der Waals surface area contributed by atoms with E-state index in [1.165, 1.54) is 18.4 Å². The normalized spacial score (nSPS) is 20.2. The van der Waals surface area contributed by atoms with Crippen LogP contribution in [0.1, 0.15) is 38.2 Å². The molecule has 0 amide bonds. The molecule has 1 saturated heterocycles. The fraction of sp³-hybridized carbons (Fsp3) is 0.650. The van der Waals surface area contributed by atoms with Crippen molar-refractivity contribution < 1.29 is 9.47 Å². The van der Waals surface area contributed by atoms with Crippen LogP contribution in [0.25, 0.3) is 0 Å². The third-order valence-corrected chi connectivity index (χ3v) is 5.29. The van der Waals surface area contributed by atoms with Gasteiger partial charge in [-0.1, -0.05) is 12.1 Å². The van der Waals surface area contributed by atoms with Crippen molar-refractivity contribution in [3.8, 4) is 5.75 Å². The molecule has 5 nitrogen and oxygen atoms in total. The van der Waals surface area contributed by atoms with Gasteiger partial charge >= 0.3 is 0 Å². The second kappa shape index (κ2) is 8.56. The highest BCUT2D eigenvalue weighted by Gasteiger charge is 2.34. The van der Waals surface area contributed by atoms with Gasteiger partial charge in [-0.3, -0.25) is 4.99 Å². The zero-order chi connectivity index (χ0) is 17.5. The summed E-state index contributed by atoms with van der Waals surface area (Å²) in [6.45, 7) is 6.41. The van der Waals surface area contributed by atoms with E-state index in [1.54, 1.807) is 7.11 Å². The number of hydrogen-bond acceptors (Lipinski definition) is 3. The van der Waals surface area contributed by atoms with Gasteiger partial charge in [0.05, 0.1) is 13.7 Å². The lowest BCUT2D eigenvalue weighted by atomic mass is 9.74. The molecule has 5 heteroatoms. The molecule has 0 atom stereocenters. The summed E-state index contributed by atoms with van der Waals surface area (Å²) in [5.74, 6) is 2.67. The second-order valence-corrected chi connectivity index (χ2v) is 7.14. The first-order chi connectivity index (χ1) is 12.3. The lowest BCUT2D eigenvalue weighted by Crippen LogP contribution is -2.41. The Morgan fingerprint density at radius 3 is 2.52 bits per heavy atom. The maximum absolute atomic E-state index is 5.63. The van der Waals surface area contributed by atoms with Gasteiger partial charge in [-0.2, -0.15) is 0 Å². The highest BCUT2D eigenvalue weighted by atomic mass is 16.5. The number of rotatable bonds is 7. The molecule has 1 saturated carbocycles. The lowest BCUT2D eigenvalue weighted by molar-refractivity contribution is 0.0531. The SMILES string of the molecule is CCNC(=NCC1(c2ccc(OC)cc2)CCOCC1)NCC1CC1. The van der Waals surface area contributed by atoms with Crippen LogP contribution in [0.15, 0.2) is 29.3 Å². The number of methoxy groups -OCH3 is 1. The summed E-state index contributed by atoms with van der Waals surface area (Å²) in [6.07, 6.45) is 4.70. The molecule has 25 heavy (non-hydrogen) atoms. The number of nitrogens with one attached hydrogen (secondary N) is 2. The van der Waals surface area contributed by atoms with Gasteiger partial charge in [-0.15, -0.1) is 0 Å². The average Bonchev–Trinajstić information content (AvgIpc) is 3.49. The molecule has 0 radical (unpaired) electrons. The predicted octanol–water partition coefficient (Wildman–Crippen LogP) is 2.71. The molecule has 0 spiro atoms. The Balaban J connectivity index is 1.74. The number of benzene rings is 1. The number of aliphatic imine (C=N–C) groups is 1. The predicted molar refractivity (Wildman–Crippen MR) is 101 cm³/mol. The van der Waals surface area contributed by atoms with E-state index in [0.29, 0.717) is 0 Å². The van der Waals surface area contributed by atoms with Crippen LogP contribution in [0.5, 0.6) is 5.75 Å². The largest absolute Gasteiger partial charge is 0.497 e. The highest BCUT2D eigenvalue weighted by molar-refractivity contribution is 5.79. The van der Waals surface area contributed by atoms with Crippen LogP contribution in [0.2, 0.25) is 0 Å². The summed E-state index contributed by atoms with van der Waals surface area (Å²) in [7, 11) is 1.71. The minimum atomic E-state index is 0.0481. The molecule has 0 aromatic heterocycles. The van der Waals surface area contributed by atoms with E-state index in [2.05, 4.69) is 29.7 Å². The van der Waals surface area contributed by atoms with E-state index in [4.69, 9.17) is 14.5 Å². The van der Waals surface area contributed by atoms with Crippen molar-refractivity contribution in [1.29, 1.82) is 0 Å². The van der Waals surface area contributed by atoms with Gasteiger partial charge in [0.1, 0.15) is 5.75 Å². The molecular weight excluding hydrogens is 314 g/mol. The fourth-order valence-corrected chi connectivity index (χ4v) is 3.38. The molecular formula is C20H31N3O2. The van der Waals surface area contributed by atoms with Crippen LogP contribution in [0, 0.1) is 5.92 Å². The molecule has 1 aromatic rings. The number of nitrogens with zero attached hydrogens (tertiary/aromatic N) is 1. The highest BCUT2D eigenvalue weighted by Crippen LogP contribution is 2.36. The van der Waals surface area contributed by atoms with E-state index in [0.717, 1.165) is 63.3 Å². The van der Waals surface area contributed by atoms with Gasteiger partial charge in [0.25, 0.3) is 0 Å². The molecule has 1 aliphatic heterocycles. The lowest BCUT2D eigenvalue weighted by Gasteiger charge is -2.36. The van der Waals surface area contributed by atoms with Crippen LogP contribution in [-0.4, -0.2) is 45.9 Å². The molecule has 2 aliphatic rings. The Morgan fingerprint density at radius 2 is 1.92 bits per heavy atom. The Hall–Kier alpha value is -1.75. The smallest absolute Gasteiger partial charge is 0.191 e. The van der Waals surface area contributed by atoms with Crippen molar-refractivity contribution in [1.82, 2.24) is 10.6 Å². The van der Waals surface area contributed by atoms with Crippen LogP contribution in [-0.2, 0) is 10.2 Å². The summed E-state index contributed by atoms with van der Waals surface area (Å²) in [5.41, 5.74) is 1.38. The maximum atomic E-state index is 5.63. The summed E-state index contributed by atoms with van der Waals surface area (Å²) in [4.78, 5) is 4.94. The first kappa shape index (κ1) is 18.1. The summed E-state index contributed by atoms with van der Waals surface area (Å²) >= 11 is 0. The number of guanidine groups is 1. The zero-order valence-corrected chi connectivity index (χ0v) is 15.5. The van der Waals surface area contributed by atoms with Crippen LogP contribution in [0.4, 0.5) is 0 Å². The Labute approximate surface area is 151 Å². The molecule has 2 N–H and O–H groups in total. The van der Waals surface area contributed by atoms with Crippen molar-refractivity contribution in [2.75, 3.05) is 40.0 Å².